The molecule has 0 spiro atoms. The number of halogens is 4. The number of alkyl halides is 4. The van der Waals surface area contributed by atoms with Crippen molar-refractivity contribution in [3.05, 3.63) is 0 Å². The maximum absolute atomic E-state index is 11.2. The van der Waals surface area contributed by atoms with E-state index in [1.54, 1.807) is 14.1 Å². The van der Waals surface area contributed by atoms with E-state index in [-0.39, 0.29) is 16.8 Å². The molecule has 6 heteroatoms. The van der Waals surface area contributed by atoms with Gasteiger partial charge in [-0.2, -0.15) is 0 Å². The minimum atomic E-state index is -1.45. The van der Waals surface area contributed by atoms with Gasteiger partial charge in [0, 0.05) is 6.42 Å². The van der Waals surface area contributed by atoms with Crippen LogP contribution in [0.3, 0.4) is 0 Å². The van der Waals surface area contributed by atoms with Gasteiger partial charge < -0.3 is 0 Å². The Morgan fingerprint density at radius 3 is 1.87 bits per heavy atom. The van der Waals surface area contributed by atoms with Gasteiger partial charge in [0.05, 0.1) is 14.1 Å². The van der Waals surface area contributed by atoms with Crippen LogP contribution in [0, 0.1) is 0 Å². The largest absolute Gasteiger partial charge is 0.296 e. The summed E-state index contributed by atoms with van der Waals surface area (Å²) in [6, 6.07) is 0. The SMILES string of the molecule is CCC(Cl)(Cl)[N+](C)(C)CC(Cl)(Cl)C(C)=O. The molecule has 0 fully saturated rings. The summed E-state index contributed by atoms with van der Waals surface area (Å²) in [5.74, 6) is -0.308. The third-order valence-electron chi connectivity index (χ3n) is 2.42. The van der Waals surface area contributed by atoms with Crippen molar-refractivity contribution in [3.8, 4) is 0 Å². The molecule has 0 bridgehead atoms. The number of quaternary nitrogens is 1. The van der Waals surface area contributed by atoms with Crippen molar-refractivity contribution in [2.45, 2.75) is 29.1 Å². The van der Waals surface area contributed by atoms with E-state index < -0.39 is 8.79 Å². The Bertz CT molecular complexity index is 250. The van der Waals surface area contributed by atoms with E-state index in [1.165, 1.54) is 6.92 Å². The molecule has 90 valence electrons. The van der Waals surface area contributed by atoms with Crippen molar-refractivity contribution in [2.24, 2.45) is 0 Å². The molecule has 0 aromatic carbocycles. The van der Waals surface area contributed by atoms with Crippen LogP contribution in [0.5, 0.6) is 0 Å². The van der Waals surface area contributed by atoms with Crippen molar-refractivity contribution < 1.29 is 9.28 Å². The minimum absolute atomic E-state index is 0.152. The fourth-order valence-electron chi connectivity index (χ4n) is 1.15. The standard InChI is InChI=1S/C9H16Cl4NO/c1-5-9(12,13)14(3,4)6-8(10,11)7(2)15/h5-6H2,1-4H3/q+1. The first-order chi connectivity index (χ1) is 6.46. The molecule has 0 aliphatic heterocycles. The highest BCUT2D eigenvalue weighted by Gasteiger charge is 2.47. The molecule has 0 saturated heterocycles. The van der Waals surface area contributed by atoms with Crippen LogP contribution in [0.1, 0.15) is 20.3 Å². The second-order valence-electron chi connectivity index (χ2n) is 4.12. The monoisotopic (exact) mass is 294 g/mol. The van der Waals surface area contributed by atoms with E-state index in [0.29, 0.717) is 6.42 Å². The summed E-state index contributed by atoms with van der Waals surface area (Å²) in [7, 11) is 3.57. The lowest BCUT2D eigenvalue weighted by Crippen LogP contribution is -2.58. The molecule has 0 N–H and O–H groups in total. The van der Waals surface area contributed by atoms with Crippen molar-refractivity contribution in [1.29, 1.82) is 0 Å². The average Bonchev–Trinajstić information content (AvgIpc) is 2.01. The van der Waals surface area contributed by atoms with Crippen LogP contribution < -0.4 is 0 Å². The summed E-state index contributed by atoms with van der Waals surface area (Å²) in [5.41, 5.74) is 0. The molecule has 0 saturated carbocycles. The number of carbonyl (C=O) groups is 1. The Morgan fingerprint density at radius 1 is 1.20 bits per heavy atom. The minimum Gasteiger partial charge on any atom is -0.296 e. The molecule has 0 rings (SSSR count). The van der Waals surface area contributed by atoms with Crippen LogP contribution in [-0.4, -0.2) is 39.7 Å². The summed E-state index contributed by atoms with van der Waals surface area (Å²) in [5, 5.41) is 0. The summed E-state index contributed by atoms with van der Waals surface area (Å²) < 4.78 is -2.31. The van der Waals surface area contributed by atoms with Crippen molar-refractivity contribution >= 4 is 52.2 Å². The normalized spacial score (nSPS) is 14.1. The van der Waals surface area contributed by atoms with E-state index in [0.717, 1.165) is 0 Å². The van der Waals surface area contributed by atoms with Gasteiger partial charge in [-0.25, -0.2) is 0 Å². The van der Waals surface area contributed by atoms with E-state index in [4.69, 9.17) is 46.4 Å². The van der Waals surface area contributed by atoms with E-state index in [1.807, 2.05) is 6.92 Å². The molecule has 0 aliphatic rings. The van der Waals surface area contributed by atoms with E-state index >= 15 is 0 Å². The fourth-order valence-corrected chi connectivity index (χ4v) is 1.87. The maximum atomic E-state index is 11.2. The number of Topliss-reactive ketones (excluding diaryl/α,β-unsaturated/α-hetero) is 1. The van der Waals surface area contributed by atoms with Gasteiger partial charge in [-0.15, -0.1) is 0 Å². The molecular weight excluding hydrogens is 280 g/mol. The van der Waals surface area contributed by atoms with Crippen LogP contribution in [0.2, 0.25) is 0 Å². The Morgan fingerprint density at radius 2 is 1.60 bits per heavy atom. The first kappa shape index (κ1) is 15.8. The fraction of sp³-hybridized carbons (Fsp3) is 0.889. The number of rotatable bonds is 5. The summed E-state index contributed by atoms with van der Waals surface area (Å²) in [6.45, 7) is 3.36. The van der Waals surface area contributed by atoms with Crippen LogP contribution in [0.25, 0.3) is 0 Å². The summed E-state index contributed by atoms with van der Waals surface area (Å²) in [4.78, 5) is 11.2. The summed E-state index contributed by atoms with van der Waals surface area (Å²) in [6.07, 6.45) is 0.533. The third kappa shape index (κ3) is 3.94. The highest BCUT2D eigenvalue weighted by atomic mass is 35.5. The molecule has 0 aromatic rings. The molecule has 2 nitrogen and oxygen atoms in total. The Balaban J connectivity index is 4.86. The van der Waals surface area contributed by atoms with Crippen LogP contribution >= 0.6 is 46.4 Å². The van der Waals surface area contributed by atoms with Gasteiger partial charge in [0.1, 0.15) is 6.54 Å². The lowest BCUT2D eigenvalue weighted by molar-refractivity contribution is -0.913. The molecule has 15 heavy (non-hydrogen) atoms. The first-order valence-electron chi connectivity index (χ1n) is 4.56. The number of carbonyl (C=O) groups excluding carboxylic acids is 1. The maximum Gasteiger partial charge on any atom is 0.250 e. The second-order valence-corrected chi connectivity index (χ2v) is 7.05. The number of hydrogen-bond acceptors (Lipinski definition) is 1. The predicted octanol–water partition coefficient (Wildman–Crippen LogP) is 3.37. The number of hydrogen-bond donors (Lipinski definition) is 0. The zero-order valence-electron chi connectivity index (χ0n) is 9.28. The quantitative estimate of drug-likeness (QED) is 0.432. The smallest absolute Gasteiger partial charge is 0.250 e. The zero-order chi connectivity index (χ0) is 12.5. The molecule has 0 aliphatic carbocycles. The van der Waals surface area contributed by atoms with Crippen LogP contribution in [0.4, 0.5) is 0 Å². The van der Waals surface area contributed by atoms with Gasteiger partial charge in [0.15, 0.2) is 5.78 Å². The van der Waals surface area contributed by atoms with Crippen LogP contribution in [0.15, 0.2) is 0 Å². The molecule has 0 atom stereocenters. The summed E-state index contributed by atoms with van der Waals surface area (Å²) >= 11 is 24.1. The van der Waals surface area contributed by atoms with Gasteiger partial charge in [-0.3, -0.25) is 9.28 Å². The third-order valence-corrected chi connectivity index (χ3v) is 4.64. The van der Waals surface area contributed by atoms with Gasteiger partial charge in [0.25, 0.3) is 0 Å². The molecule has 0 aromatic heterocycles. The number of ketones is 1. The lowest BCUT2D eigenvalue weighted by Gasteiger charge is -2.42. The highest BCUT2D eigenvalue weighted by Crippen LogP contribution is 2.37. The molecule has 0 unspecified atom stereocenters. The average molecular weight is 296 g/mol. The molecule has 0 amide bonds. The first-order valence-corrected chi connectivity index (χ1v) is 6.07. The molecular formula is C9H16Cl4NO+. The molecule has 0 heterocycles. The zero-order valence-corrected chi connectivity index (χ0v) is 12.3. The highest BCUT2D eigenvalue weighted by molar-refractivity contribution is 6.58. The van der Waals surface area contributed by atoms with Crippen LogP contribution in [-0.2, 0) is 4.79 Å². The van der Waals surface area contributed by atoms with Crippen molar-refractivity contribution in [2.75, 3.05) is 20.6 Å². The van der Waals surface area contributed by atoms with Gasteiger partial charge in [-0.1, -0.05) is 30.1 Å². The second kappa shape index (κ2) is 4.97. The Kier molecular flexibility index (Phi) is 5.23. The van der Waals surface area contributed by atoms with Gasteiger partial charge >= 0.3 is 0 Å². The van der Waals surface area contributed by atoms with Gasteiger partial charge in [0.2, 0.25) is 8.79 Å². The van der Waals surface area contributed by atoms with E-state index in [9.17, 15) is 4.79 Å². The lowest BCUT2D eigenvalue weighted by atomic mass is 10.2. The topological polar surface area (TPSA) is 17.1 Å². The Hall–Kier alpha value is 0.790. The predicted molar refractivity (Wildman–Crippen MR) is 66.8 cm³/mol. The van der Waals surface area contributed by atoms with Crippen molar-refractivity contribution in [3.63, 3.8) is 0 Å². The molecule has 0 radical (unpaired) electrons. The number of nitrogens with zero attached hydrogens (tertiary/aromatic N) is 1. The van der Waals surface area contributed by atoms with Crippen molar-refractivity contribution in [1.82, 2.24) is 0 Å². The Labute approximate surface area is 111 Å². The van der Waals surface area contributed by atoms with E-state index in [2.05, 4.69) is 0 Å². The van der Waals surface area contributed by atoms with Gasteiger partial charge in [-0.05, 0) is 30.1 Å².